The highest BCUT2D eigenvalue weighted by atomic mass is 15.4. The van der Waals surface area contributed by atoms with Crippen LogP contribution in [0.15, 0.2) is 102 Å². The molecule has 0 unspecified atom stereocenters. The maximum atomic E-state index is 4.74. The van der Waals surface area contributed by atoms with Crippen LogP contribution in [0.4, 0.5) is 5.69 Å². The SMILES string of the molecule is CC[N+](CC)=C(C=C[C+]=CC=C(c1ccc(C)cc1)N(C)N=Cc1ccc(N(C)C)cc1)c1ccc(C)cc1. The second-order valence-electron chi connectivity index (χ2n) is 9.76. The first-order valence-electron chi connectivity index (χ1n) is 13.6. The largest absolute Gasteiger partial charge is 0.378 e. The van der Waals surface area contributed by atoms with Crippen LogP contribution in [0.5, 0.6) is 0 Å². The molecule has 0 fully saturated rings. The molecule has 0 saturated heterocycles. The van der Waals surface area contributed by atoms with Crippen molar-refractivity contribution in [2.75, 3.05) is 39.1 Å². The summed E-state index contributed by atoms with van der Waals surface area (Å²) >= 11 is 0. The molecule has 0 saturated carbocycles. The van der Waals surface area contributed by atoms with Crippen LogP contribution < -0.4 is 4.90 Å². The van der Waals surface area contributed by atoms with E-state index in [0.717, 1.165) is 29.9 Å². The van der Waals surface area contributed by atoms with Crippen LogP contribution in [-0.4, -0.2) is 55.7 Å². The van der Waals surface area contributed by atoms with Crippen LogP contribution in [0.25, 0.3) is 5.70 Å². The predicted octanol–water partition coefficient (Wildman–Crippen LogP) is 7.13. The molecule has 0 heterocycles. The molecular weight excluding hydrogens is 476 g/mol. The summed E-state index contributed by atoms with van der Waals surface area (Å²) in [4.78, 5) is 2.09. The molecular formula is C35H42N4+2. The molecule has 0 spiro atoms. The Balaban J connectivity index is 1.86. The molecule has 3 aromatic rings. The molecule has 0 aliphatic carbocycles. The molecule has 0 aliphatic heterocycles. The van der Waals surface area contributed by atoms with Crippen LogP contribution in [0.3, 0.4) is 0 Å². The molecule has 4 nitrogen and oxygen atoms in total. The van der Waals surface area contributed by atoms with Crippen LogP contribution >= 0.6 is 0 Å². The van der Waals surface area contributed by atoms with Gasteiger partial charge in [-0.2, -0.15) is 5.10 Å². The number of aryl methyl sites for hydroxylation is 2. The molecule has 0 atom stereocenters. The van der Waals surface area contributed by atoms with E-state index in [1.165, 1.54) is 28.1 Å². The van der Waals surface area contributed by atoms with E-state index in [-0.39, 0.29) is 0 Å². The number of nitrogens with zero attached hydrogens (tertiary/aromatic N) is 4. The summed E-state index contributed by atoms with van der Waals surface area (Å²) in [5.41, 5.74) is 9.21. The van der Waals surface area contributed by atoms with Crippen molar-refractivity contribution < 1.29 is 4.58 Å². The van der Waals surface area contributed by atoms with Crippen molar-refractivity contribution in [3.63, 3.8) is 0 Å². The first kappa shape index (κ1) is 29.3. The van der Waals surface area contributed by atoms with Crippen LogP contribution in [0.2, 0.25) is 0 Å². The van der Waals surface area contributed by atoms with Gasteiger partial charge in [-0.3, -0.25) is 5.01 Å². The van der Waals surface area contributed by atoms with Crippen LogP contribution in [0.1, 0.15) is 41.7 Å². The van der Waals surface area contributed by atoms with Gasteiger partial charge in [-0.1, -0.05) is 59.7 Å². The lowest BCUT2D eigenvalue weighted by Crippen LogP contribution is -2.20. The summed E-state index contributed by atoms with van der Waals surface area (Å²) in [5.74, 6) is 0. The van der Waals surface area contributed by atoms with Crippen molar-refractivity contribution in [2.45, 2.75) is 27.7 Å². The summed E-state index contributed by atoms with van der Waals surface area (Å²) in [6.45, 7) is 10.5. The second kappa shape index (κ2) is 14.6. The summed E-state index contributed by atoms with van der Waals surface area (Å²) in [7, 11) is 6.06. The summed E-state index contributed by atoms with van der Waals surface area (Å²) in [6.07, 6.45) is 13.4. The van der Waals surface area contributed by atoms with Gasteiger partial charge in [0.15, 0.2) is 0 Å². The van der Waals surface area contributed by atoms with E-state index in [2.05, 4.69) is 128 Å². The van der Waals surface area contributed by atoms with Crippen LogP contribution in [0, 0.1) is 19.9 Å². The minimum atomic E-state index is 0.950. The van der Waals surface area contributed by atoms with Gasteiger partial charge < -0.3 is 4.90 Å². The van der Waals surface area contributed by atoms with E-state index in [4.69, 9.17) is 5.10 Å². The van der Waals surface area contributed by atoms with E-state index in [9.17, 15) is 0 Å². The Morgan fingerprint density at radius 2 is 1.36 bits per heavy atom. The minimum absolute atomic E-state index is 0.950. The van der Waals surface area contributed by atoms with Gasteiger partial charge in [0, 0.05) is 38.5 Å². The van der Waals surface area contributed by atoms with Gasteiger partial charge in [0.2, 0.25) is 0 Å². The fourth-order valence-corrected chi connectivity index (χ4v) is 4.17. The third-order valence-corrected chi connectivity index (χ3v) is 6.61. The normalized spacial score (nSPS) is 11.8. The smallest absolute Gasteiger partial charge is 0.261 e. The number of hydrogen-bond acceptors (Lipinski definition) is 3. The predicted molar refractivity (Wildman–Crippen MR) is 169 cm³/mol. The van der Waals surface area contributed by atoms with Gasteiger partial charge in [-0.25, -0.2) is 4.58 Å². The Labute approximate surface area is 235 Å². The number of allylic oxidation sites excluding steroid dienone is 5. The van der Waals surface area contributed by atoms with Gasteiger partial charge in [0.05, 0.1) is 17.9 Å². The van der Waals surface area contributed by atoms with Crippen molar-refractivity contribution in [3.8, 4) is 0 Å². The van der Waals surface area contributed by atoms with E-state index in [1.807, 2.05) is 44.5 Å². The lowest BCUT2D eigenvalue weighted by Gasteiger charge is -2.15. The Morgan fingerprint density at radius 3 is 1.90 bits per heavy atom. The highest BCUT2D eigenvalue weighted by molar-refractivity contribution is 6.05. The van der Waals surface area contributed by atoms with Crippen molar-refractivity contribution in [3.05, 3.63) is 131 Å². The van der Waals surface area contributed by atoms with Gasteiger partial charge >= 0.3 is 0 Å². The maximum absolute atomic E-state index is 4.74. The summed E-state index contributed by atoms with van der Waals surface area (Å²) in [6, 6.07) is 25.6. The Kier molecular flexibility index (Phi) is 11.0. The molecule has 3 rings (SSSR count). The van der Waals surface area contributed by atoms with Crippen LogP contribution in [-0.2, 0) is 0 Å². The lowest BCUT2D eigenvalue weighted by atomic mass is 10.1. The van der Waals surface area contributed by atoms with E-state index in [1.54, 1.807) is 0 Å². The summed E-state index contributed by atoms with van der Waals surface area (Å²) in [5, 5.41) is 6.65. The first-order valence-corrected chi connectivity index (χ1v) is 13.6. The van der Waals surface area contributed by atoms with Crippen molar-refractivity contribution in [1.82, 2.24) is 5.01 Å². The van der Waals surface area contributed by atoms with E-state index < -0.39 is 0 Å². The molecule has 39 heavy (non-hydrogen) atoms. The van der Waals surface area contributed by atoms with Crippen molar-refractivity contribution >= 4 is 23.3 Å². The molecule has 0 aliphatic rings. The second-order valence-corrected chi connectivity index (χ2v) is 9.76. The van der Waals surface area contributed by atoms with Gasteiger partial charge in [0.25, 0.3) is 5.71 Å². The lowest BCUT2D eigenvalue weighted by molar-refractivity contribution is -0.519. The minimum Gasteiger partial charge on any atom is -0.378 e. The molecule has 200 valence electrons. The Morgan fingerprint density at radius 1 is 0.795 bits per heavy atom. The summed E-state index contributed by atoms with van der Waals surface area (Å²) < 4.78 is 2.37. The highest BCUT2D eigenvalue weighted by Gasteiger charge is 2.14. The number of anilines is 1. The molecule has 0 N–H and O–H groups in total. The number of hydrazone groups is 1. The number of hydrogen-bond donors (Lipinski definition) is 0. The Bertz CT molecular complexity index is 1330. The number of rotatable bonds is 11. The third kappa shape index (κ3) is 8.63. The standard InChI is InChI=1S/C35H42N4/c1-8-39(9-2)35(32-23-17-29(4)18-24-32)14-12-10-11-13-34(31-21-15-28(3)16-22-31)38(7)36-27-30-19-25-33(26-20-30)37(5)6/h11-27H,8-9H2,1-7H3/q+2. The highest BCUT2D eigenvalue weighted by Crippen LogP contribution is 2.20. The average molecular weight is 519 g/mol. The fourth-order valence-electron chi connectivity index (χ4n) is 4.17. The molecule has 4 heteroatoms. The van der Waals surface area contributed by atoms with Crippen molar-refractivity contribution in [2.24, 2.45) is 5.10 Å². The quantitative estimate of drug-likeness (QED) is 0.0885. The molecule has 3 aromatic carbocycles. The third-order valence-electron chi connectivity index (χ3n) is 6.61. The fraction of sp³-hybridized carbons (Fsp3) is 0.257. The zero-order valence-electron chi connectivity index (χ0n) is 24.5. The van der Waals surface area contributed by atoms with E-state index in [0.29, 0.717) is 0 Å². The van der Waals surface area contributed by atoms with Crippen molar-refractivity contribution in [1.29, 1.82) is 0 Å². The zero-order valence-corrected chi connectivity index (χ0v) is 24.5. The zero-order chi connectivity index (χ0) is 28.2. The maximum Gasteiger partial charge on any atom is 0.261 e. The first-order chi connectivity index (χ1) is 18.8. The Hall–Kier alpha value is -4.27. The molecule has 0 amide bonds. The van der Waals surface area contributed by atoms with Gasteiger partial charge in [-0.15, -0.1) is 0 Å². The van der Waals surface area contributed by atoms with E-state index >= 15 is 0 Å². The monoisotopic (exact) mass is 518 g/mol. The van der Waals surface area contributed by atoms with Gasteiger partial charge in [0.1, 0.15) is 37.0 Å². The molecule has 0 bridgehead atoms. The van der Waals surface area contributed by atoms with Gasteiger partial charge in [-0.05, 0) is 57.5 Å². The average Bonchev–Trinajstić information content (AvgIpc) is 2.94. The number of benzene rings is 3. The molecule has 0 radical (unpaired) electrons. The molecule has 0 aromatic heterocycles. The topological polar surface area (TPSA) is 21.9 Å².